The number of nitrogens with one attached hydrogen (secondary N) is 2. The van der Waals surface area contributed by atoms with E-state index in [1.54, 1.807) is 13.0 Å². The summed E-state index contributed by atoms with van der Waals surface area (Å²) in [4.78, 5) is 44.8. The number of alkyl halides is 3. The molecule has 0 aliphatic carbocycles. The van der Waals surface area contributed by atoms with Crippen LogP contribution in [-0.4, -0.2) is 78.7 Å². The molecule has 0 bridgehead atoms. The summed E-state index contributed by atoms with van der Waals surface area (Å²) >= 11 is 0. The van der Waals surface area contributed by atoms with Crippen molar-refractivity contribution in [2.45, 2.75) is 45.5 Å². The molecule has 1 aromatic heterocycles. The van der Waals surface area contributed by atoms with Gasteiger partial charge in [-0.3, -0.25) is 14.5 Å². The van der Waals surface area contributed by atoms with Crippen LogP contribution in [0.2, 0.25) is 0 Å². The van der Waals surface area contributed by atoms with Crippen LogP contribution in [0.3, 0.4) is 0 Å². The zero-order chi connectivity index (χ0) is 30.1. The van der Waals surface area contributed by atoms with E-state index in [-0.39, 0.29) is 36.5 Å². The molecule has 1 saturated heterocycles. The van der Waals surface area contributed by atoms with Gasteiger partial charge < -0.3 is 24.8 Å². The summed E-state index contributed by atoms with van der Waals surface area (Å²) in [6, 6.07) is 3.11. The minimum atomic E-state index is -4.95. The molecular formula is C28H33F4N5O4. The number of hydrogen-bond acceptors (Lipinski definition) is 6. The number of ether oxygens (including phenoxy) is 1. The Bertz CT molecular complexity index is 1390. The minimum Gasteiger partial charge on any atom is -0.450 e. The Morgan fingerprint density at radius 3 is 2.46 bits per heavy atom. The van der Waals surface area contributed by atoms with Gasteiger partial charge in [-0.15, -0.1) is 0 Å². The molecule has 9 nitrogen and oxygen atoms in total. The van der Waals surface area contributed by atoms with Gasteiger partial charge in [0.05, 0.1) is 29.1 Å². The van der Waals surface area contributed by atoms with Crippen molar-refractivity contribution in [1.29, 1.82) is 0 Å². The first-order valence-corrected chi connectivity index (χ1v) is 13.3. The molecule has 4 rings (SSSR count). The number of aromatic nitrogens is 1. The molecule has 41 heavy (non-hydrogen) atoms. The number of likely N-dealkylation sites (N-methyl/N-ethyl adjacent to an activating group) is 1. The SMILES string of the molecule is CCOC(=O)N1CCC=C(c2cc(NC(=O)c3c[nH]c(=O)cc3C(F)(F)F)c(N3C[C@@H](C)N(C)[C@@H](C)C3)cc2F)C1. The fraction of sp³-hybridized carbons (Fsp3) is 0.464. The first kappa shape index (κ1) is 30.1. The van der Waals surface area contributed by atoms with E-state index in [1.165, 1.54) is 17.0 Å². The van der Waals surface area contributed by atoms with Crippen LogP contribution in [0.5, 0.6) is 0 Å². The minimum absolute atomic E-state index is 0.0587. The van der Waals surface area contributed by atoms with Crippen LogP contribution in [0.4, 0.5) is 33.7 Å². The first-order valence-electron chi connectivity index (χ1n) is 13.3. The number of pyridine rings is 1. The van der Waals surface area contributed by atoms with E-state index in [1.807, 2.05) is 25.8 Å². The lowest BCUT2D eigenvalue weighted by Gasteiger charge is -2.44. The van der Waals surface area contributed by atoms with Gasteiger partial charge >= 0.3 is 12.3 Å². The third-order valence-electron chi connectivity index (χ3n) is 7.53. The second kappa shape index (κ2) is 11.9. The molecule has 0 unspecified atom stereocenters. The molecule has 0 radical (unpaired) electrons. The molecular weight excluding hydrogens is 546 g/mol. The molecule has 2 amide bonds. The number of amides is 2. The highest BCUT2D eigenvalue weighted by atomic mass is 19.4. The Morgan fingerprint density at radius 1 is 1.15 bits per heavy atom. The van der Waals surface area contributed by atoms with Crippen molar-refractivity contribution in [2.24, 2.45) is 0 Å². The molecule has 2 N–H and O–H groups in total. The number of anilines is 2. The van der Waals surface area contributed by atoms with Crippen LogP contribution in [0.1, 0.15) is 48.7 Å². The fourth-order valence-electron chi connectivity index (χ4n) is 5.16. The van der Waals surface area contributed by atoms with E-state index in [4.69, 9.17) is 4.74 Å². The van der Waals surface area contributed by atoms with Gasteiger partial charge in [-0.05, 0) is 51.9 Å². The lowest BCUT2D eigenvalue weighted by atomic mass is 9.98. The highest BCUT2D eigenvalue weighted by Crippen LogP contribution is 2.37. The second-order valence-corrected chi connectivity index (χ2v) is 10.3. The van der Waals surface area contributed by atoms with Gasteiger partial charge in [0.15, 0.2) is 0 Å². The summed E-state index contributed by atoms with van der Waals surface area (Å²) < 4.78 is 61.9. The topological polar surface area (TPSA) is 98.0 Å². The quantitative estimate of drug-likeness (QED) is 0.505. The number of benzene rings is 1. The lowest BCUT2D eigenvalue weighted by molar-refractivity contribution is -0.138. The number of carbonyl (C=O) groups excluding carboxylic acids is 2. The van der Waals surface area contributed by atoms with Crippen molar-refractivity contribution in [3.63, 3.8) is 0 Å². The fourth-order valence-corrected chi connectivity index (χ4v) is 5.16. The van der Waals surface area contributed by atoms with E-state index in [2.05, 4.69) is 15.2 Å². The smallest absolute Gasteiger partial charge is 0.417 e. The number of H-pyrrole nitrogens is 1. The highest BCUT2D eigenvalue weighted by molar-refractivity contribution is 6.07. The van der Waals surface area contributed by atoms with E-state index in [0.717, 1.165) is 0 Å². The number of piperazine rings is 1. The standard InChI is InChI=1S/C28H33F4N5O4/c1-5-41-27(40)36-8-6-7-18(15-36)19-9-23(24(11-22(19)29)37-13-16(2)35(4)17(3)14-37)34-26(39)20-12-33-25(38)10-21(20)28(30,31)32/h7,9-12,16-17H,5-6,8,13-15H2,1-4H3,(H,33,38)(H,34,39)/t16-,17+. The van der Waals surface area contributed by atoms with Crippen molar-refractivity contribution in [2.75, 3.05) is 50.1 Å². The molecule has 1 aromatic carbocycles. The van der Waals surface area contributed by atoms with Crippen LogP contribution in [0.25, 0.3) is 5.57 Å². The van der Waals surface area contributed by atoms with Gasteiger partial charge in [0.1, 0.15) is 5.82 Å². The second-order valence-electron chi connectivity index (χ2n) is 10.3. The van der Waals surface area contributed by atoms with Crippen LogP contribution in [0, 0.1) is 5.82 Å². The van der Waals surface area contributed by atoms with Crippen LogP contribution < -0.4 is 15.8 Å². The Kier molecular flexibility index (Phi) is 8.76. The molecule has 2 atom stereocenters. The Hall–Kier alpha value is -3.87. The predicted molar refractivity (Wildman–Crippen MR) is 147 cm³/mol. The Morgan fingerprint density at radius 2 is 1.83 bits per heavy atom. The van der Waals surface area contributed by atoms with Crippen LogP contribution in [-0.2, 0) is 10.9 Å². The third kappa shape index (κ3) is 6.55. The number of halogens is 4. The van der Waals surface area contributed by atoms with E-state index in [0.29, 0.717) is 49.6 Å². The first-order chi connectivity index (χ1) is 19.3. The monoisotopic (exact) mass is 579 g/mol. The molecule has 1 fully saturated rings. The average molecular weight is 580 g/mol. The van der Waals surface area contributed by atoms with Gasteiger partial charge in [-0.25, -0.2) is 9.18 Å². The maximum Gasteiger partial charge on any atom is 0.417 e. The molecule has 2 aromatic rings. The zero-order valence-electron chi connectivity index (χ0n) is 23.3. The number of nitrogens with zero attached hydrogens (tertiary/aromatic N) is 3. The van der Waals surface area contributed by atoms with Crippen molar-refractivity contribution in [3.05, 3.63) is 63.3 Å². The zero-order valence-corrected chi connectivity index (χ0v) is 23.3. The summed E-state index contributed by atoms with van der Waals surface area (Å²) in [7, 11) is 1.97. The molecule has 13 heteroatoms. The largest absolute Gasteiger partial charge is 0.450 e. The van der Waals surface area contributed by atoms with Crippen molar-refractivity contribution in [3.8, 4) is 0 Å². The lowest BCUT2D eigenvalue weighted by Crippen LogP contribution is -2.55. The predicted octanol–water partition coefficient (Wildman–Crippen LogP) is 4.56. The summed E-state index contributed by atoms with van der Waals surface area (Å²) in [5.41, 5.74) is -2.18. The van der Waals surface area contributed by atoms with Gasteiger partial charge in [0, 0.05) is 56.1 Å². The van der Waals surface area contributed by atoms with Gasteiger partial charge in [0.2, 0.25) is 5.56 Å². The maximum atomic E-state index is 15.7. The Balaban J connectivity index is 1.77. The number of rotatable bonds is 5. The maximum absolute atomic E-state index is 15.7. The molecule has 0 saturated carbocycles. The molecule has 0 spiro atoms. The average Bonchev–Trinajstić information content (AvgIpc) is 2.91. The number of hydrogen-bond donors (Lipinski definition) is 2. The summed E-state index contributed by atoms with van der Waals surface area (Å²) in [6.07, 6.45) is -2.56. The summed E-state index contributed by atoms with van der Waals surface area (Å²) in [5.74, 6) is -1.72. The van der Waals surface area contributed by atoms with Gasteiger partial charge in [0.25, 0.3) is 5.91 Å². The molecule has 2 aliphatic rings. The van der Waals surface area contributed by atoms with Gasteiger partial charge in [-0.2, -0.15) is 13.2 Å². The number of aromatic amines is 1. The molecule has 222 valence electrons. The molecule has 2 aliphatic heterocycles. The van der Waals surface area contributed by atoms with E-state index < -0.39 is 40.7 Å². The summed E-state index contributed by atoms with van der Waals surface area (Å²) in [5, 5.41) is 2.54. The van der Waals surface area contributed by atoms with Crippen LogP contribution in [0.15, 0.2) is 35.3 Å². The van der Waals surface area contributed by atoms with Crippen LogP contribution >= 0.6 is 0 Å². The summed E-state index contributed by atoms with van der Waals surface area (Å²) in [6.45, 7) is 7.26. The third-order valence-corrected chi connectivity index (χ3v) is 7.53. The Labute approximate surface area is 234 Å². The van der Waals surface area contributed by atoms with E-state index >= 15 is 4.39 Å². The van der Waals surface area contributed by atoms with Gasteiger partial charge in [-0.1, -0.05) is 6.08 Å². The van der Waals surface area contributed by atoms with Crippen molar-refractivity contribution >= 4 is 28.9 Å². The van der Waals surface area contributed by atoms with E-state index in [9.17, 15) is 27.6 Å². The van der Waals surface area contributed by atoms with Crippen molar-refractivity contribution in [1.82, 2.24) is 14.8 Å². The molecule has 3 heterocycles. The van der Waals surface area contributed by atoms with Crippen molar-refractivity contribution < 1.29 is 31.9 Å². The normalized spacial score (nSPS) is 20.0. The number of carbonyl (C=O) groups is 2. The highest BCUT2D eigenvalue weighted by Gasteiger charge is 2.36.